The quantitative estimate of drug-likeness (QED) is 0.795. The molecule has 6 nitrogen and oxygen atoms in total. The van der Waals surface area contributed by atoms with E-state index >= 15 is 0 Å². The van der Waals surface area contributed by atoms with Gasteiger partial charge in [-0.1, -0.05) is 6.07 Å². The Balaban J connectivity index is 2.60. The van der Waals surface area contributed by atoms with Gasteiger partial charge < -0.3 is 15.3 Å². The van der Waals surface area contributed by atoms with Crippen LogP contribution in [0.3, 0.4) is 0 Å². The summed E-state index contributed by atoms with van der Waals surface area (Å²) in [6.07, 6.45) is -0.772. The van der Waals surface area contributed by atoms with Crippen LogP contribution in [0.2, 0.25) is 0 Å². The van der Waals surface area contributed by atoms with E-state index in [0.717, 1.165) is 6.07 Å². The van der Waals surface area contributed by atoms with Crippen LogP contribution in [0.5, 0.6) is 0 Å². The van der Waals surface area contributed by atoms with Gasteiger partial charge in [0.05, 0.1) is 28.6 Å². The van der Waals surface area contributed by atoms with E-state index in [1.54, 1.807) is 25.1 Å². The van der Waals surface area contributed by atoms with Crippen LogP contribution in [-0.2, 0) is 0 Å². The zero-order valence-electron chi connectivity index (χ0n) is 11.1. The fourth-order valence-electron chi connectivity index (χ4n) is 1.87. The van der Waals surface area contributed by atoms with E-state index in [1.165, 1.54) is 12.1 Å². The van der Waals surface area contributed by atoms with Gasteiger partial charge in [0.15, 0.2) is 0 Å². The highest BCUT2D eigenvalue weighted by molar-refractivity contribution is 5.95. The first-order valence-electron chi connectivity index (χ1n) is 6.15. The number of hydrogen-bond acceptors (Lipinski definition) is 4. The van der Waals surface area contributed by atoms with Gasteiger partial charge in [0.2, 0.25) is 0 Å². The van der Waals surface area contributed by atoms with E-state index in [9.17, 15) is 14.7 Å². The zero-order valence-corrected chi connectivity index (χ0v) is 11.1. The van der Waals surface area contributed by atoms with Crippen LogP contribution in [0, 0.1) is 0 Å². The van der Waals surface area contributed by atoms with Gasteiger partial charge in [0, 0.05) is 5.56 Å². The molecule has 0 saturated carbocycles. The van der Waals surface area contributed by atoms with Gasteiger partial charge in [-0.2, -0.15) is 0 Å². The molecule has 2 rings (SSSR count). The van der Waals surface area contributed by atoms with Crippen molar-refractivity contribution >= 4 is 11.9 Å². The number of aliphatic hydroxyl groups is 1. The first-order chi connectivity index (χ1) is 9.88. The largest absolute Gasteiger partial charge is 0.478 e. The van der Waals surface area contributed by atoms with Crippen molar-refractivity contribution in [1.29, 1.82) is 0 Å². The van der Waals surface area contributed by atoms with Crippen molar-refractivity contribution in [2.24, 2.45) is 0 Å². The van der Waals surface area contributed by atoms with Crippen molar-refractivity contribution in [2.75, 3.05) is 0 Å². The number of carbonyl (C=O) groups is 2. The summed E-state index contributed by atoms with van der Waals surface area (Å²) in [7, 11) is 0. The summed E-state index contributed by atoms with van der Waals surface area (Å²) in [5.74, 6) is -2.43. The van der Waals surface area contributed by atoms with Crippen LogP contribution < -0.4 is 0 Å². The van der Waals surface area contributed by atoms with Crippen molar-refractivity contribution in [1.82, 2.24) is 4.98 Å². The topological polar surface area (TPSA) is 108 Å². The fourth-order valence-corrected chi connectivity index (χ4v) is 1.87. The molecule has 21 heavy (non-hydrogen) atoms. The summed E-state index contributed by atoms with van der Waals surface area (Å²) in [4.78, 5) is 26.4. The molecule has 0 radical (unpaired) electrons. The van der Waals surface area contributed by atoms with Crippen LogP contribution >= 0.6 is 0 Å². The van der Waals surface area contributed by atoms with Crippen molar-refractivity contribution in [3.8, 4) is 11.3 Å². The lowest BCUT2D eigenvalue weighted by Crippen LogP contribution is -2.04. The standard InChI is InChI=1S/C15H13NO5/c1-8(17)12-3-2-4-13(16-12)9-5-10(14(18)19)7-11(6-9)15(20)21/h2-8,17H,1H3,(H,18,19)(H,20,21). The third-order valence-corrected chi connectivity index (χ3v) is 2.92. The van der Waals surface area contributed by atoms with E-state index in [-0.39, 0.29) is 11.1 Å². The molecule has 1 unspecified atom stereocenters. The summed E-state index contributed by atoms with van der Waals surface area (Å²) in [5, 5.41) is 27.6. The molecule has 0 saturated heterocycles. The number of aromatic carboxylic acids is 2. The van der Waals surface area contributed by atoms with Crippen molar-refractivity contribution in [2.45, 2.75) is 13.0 Å². The monoisotopic (exact) mass is 287 g/mol. The number of pyridine rings is 1. The third kappa shape index (κ3) is 3.24. The Morgan fingerprint density at radius 2 is 1.62 bits per heavy atom. The molecule has 0 amide bonds. The minimum Gasteiger partial charge on any atom is -0.478 e. The molecule has 0 fully saturated rings. The second kappa shape index (κ2) is 5.72. The summed E-state index contributed by atoms with van der Waals surface area (Å²) in [5.41, 5.74) is 0.933. The second-order valence-electron chi connectivity index (χ2n) is 4.53. The smallest absolute Gasteiger partial charge is 0.335 e. The van der Waals surface area contributed by atoms with E-state index in [0.29, 0.717) is 17.0 Å². The van der Waals surface area contributed by atoms with E-state index in [2.05, 4.69) is 4.98 Å². The predicted octanol–water partition coefficient (Wildman–Crippen LogP) is 2.20. The van der Waals surface area contributed by atoms with Crippen LogP contribution in [0.4, 0.5) is 0 Å². The molecule has 6 heteroatoms. The van der Waals surface area contributed by atoms with E-state index in [4.69, 9.17) is 10.2 Å². The average Bonchev–Trinajstić information content (AvgIpc) is 2.46. The van der Waals surface area contributed by atoms with Gasteiger partial charge in [0.1, 0.15) is 0 Å². The molecule has 2 aromatic rings. The highest BCUT2D eigenvalue weighted by Crippen LogP contribution is 2.23. The predicted molar refractivity (Wildman–Crippen MR) is 74.2 cm³/mol. The Hall–Kier alpha value is -2.73. The number of aromatic nitrogens is 1. The number of rotatable bonds is 4. The first kappa shape index (κ1) is 14.7. The second-order valence-corrected chi connectivity index (χ2v) is 4.53. The Labute approximate surface area is 120 Å². The number of carboxylic acids is 2. The van der Waals surface area contributed by atoms with Gasteiger partial charge in [-0.3, -0.25) is 4.98 Å². The van der Waals surface area contributed by atoms with Crippen molar-refractivity contribution in [3.05, 3.63) is 53.2 Å². The maximum Gasteiger partial charge on any atom is 0.335 e. The highest BCUT2D eigenvalue weighted by atomic mass is 16.4. The molecule has 108 valence electrons. The Kier molecular flexibility index (Phi) is 4.00. The lowest BCUT2D eigenvalue weighted by atomic mass is 10.0. The number of nitrogens with zero attached hydrogens (tertiary/aromatic N) is 1. The van der Waals surface area contributed by atoms with Gasteiger partial charge in [-0.15, -0.1) is 0 Å². The maximum absolute atomic E-state index is 11.1. The van der Waals surface area contributed by atoms with Crippen molar-refractivity contribution < 1.29 is 24.9 Å². The normalized spacial score (nSPS) is 11.9. The van der Waals surface area contributed by atoms with E-state index in [1.807, 2.05) is 0 Å². The summed E-state index contributed by atoms with van der Waals surface area (Å²) >= 11 is 0. The maximum atomic E-state index is 11.1. The van der Waals surface area contributed by atoms with Crippen LogP contribution in [0.25, 0.3) is 11.3 Å². The van der Waals surface area contributed by atoms with Gasteiger partial charge in [-0.05, 0) is 37.3 Å². The first-order valence-corrected chi connectivity index (χ1v) is 6.15. The molecule has 3 N–H and O–H groups in total. The summed E-state index contributed by atoms with van der Waals surface area (Å²) < 4.78 is 0. The highest BCUT2D eigenvalue weighted by Gasteiger charge is 2.13. The number of carboxylic acid groups (broad SMARTS) is 2. The minimum absolute atomic E-state index is 0.130. The minimum atomic E-state index is -1.22. The van der Waals surface area contributed by atoms with Crippen LogP contribution in [0.1, 0.15) is 39.4 Å². The lowest BCUT2D eigenvalue weighted by Gasteiger charge is -2.08. The van der Waals surface area contributed by atoms with Gasteiger partial charge >= 0.3 is 11.9 Å². The van der Waals surface area contributed by atoms with Crippen LogP contribution in [0.15, 0.2) is 36.4 Å². The zero-order chi connectivity index (χ0) is 15.6. The molecule has 1 aromatic carbocycles. The van der Waals surface area contributed by atoms with Gasteiger partial charge in [-0.25, -0.2) is 9.59 Å². The Bertz CT molecular complexity index is 677. The molecule has 1 atom stereocenters. The molecule has 1 heterocycles. The molecule has 0 aliphatic heterocycles. The number of benzene rings is 1. The molecule has 0 bridgehead atoms. The fraction of sp³-hybridized carbons (Fsp3) is 0.133. The third-order valence-electron chi connectivity index (χ3n) is 2.92. The number of aliphatic hydroxyl groups excluding tert-OH is 1. The van der Waals surface area contributed by atoms with Crippen molar-refractivity contribution in [3.63, 3.8) is 0 Å². The van der Waals surface area contributed by atoms with Gasteiger partial charge in [0.25, 0.3) is 0 Å². The van der Waals surface area contributed by atoms with Crippen LogP contribution in [-0.4, -0.2) is 32.2 Å². The molecule has 0 aliphatic carbocycles. The summed E-state index contributed by atoms with van der Waals surface area (Å²) in [6, 6.07) is 8.71. The Morgan fingerprint density at radius 3 is 2.10 bits per heavy atom. The molecular weight excluding hydrogens is 274 g/mol. The molecule has 0 aliphatic rings. The van der Waals surface area contributed by atoms with E-state index < -0.39 is 18.0 Å². The molecule has 1 aromatic heterocycles. The Morgan fingerprint density at radius 1 is 1.05 bits per heavy atom. The molecule has 0 spiro atoms. The lowest BCUT2D eigenvalue weighted by molar-refractivity contribution is 0.0696. The average molecular weight is 287 g/mol. The molecular formula is C15H13NO5. The summed E-state index contributed by atoms with van der Waals surface area (Å²) in [6.45, 7) is 1.56. The number of hydrogen-bond donors (Lipinski definition) is 3. The SMILES string of the molecule is CC(O)c1cccc(-c2cc(C(=O)O)cc(C(=O)O)c2)n1.